The first kappa shape index (κ1) is 12.2. The van der Waals surface area contributed by atoms with E-state index in [0.29, 0.717) is 18.1 Å². The van der Waals surface area contributed by atoms with Gasteiger partial charge in [0.05, 0.1) is 6.61 Å². The van der Waals surface area contributed by atoms with Crippen LogP contribution < -0.4 is 15.9 Å². The van der Waals surface area contributed by atoms with Gasteiger partial charge in [-0.05, 0) is 40.9 Å². The van der Waals surface area contributed by atoms with Crippen molar-refractivity contribution in [2.75, 3.05) is 0 Å². The summed E-state index contributed by atoms with van der Waals surface area (Å²) in [7, 11) is -0.863. The third-order valence-corrected chi connectivity index (χ3v) is 3.12. The summed E-state index contributed by atoms with van der Waals surface area (Å²) in [5, 5.41) is 9.65. The highest BCUT2D eigenvalue weighted by Crippen LogP contribution is 2.23. The molecule has 2 aromatic rings. The van der Waals surface area contributed by atoms with E-state index in [1.807, 2.05) is 36.4 Å². The van der Waals surface area contributed by atoms with Crippen molar-refractivity contribution >= 4 is 12.6 Å². The lowest BCUT2D eigenvalue weighted by atomic mass is 9.79. The van der Waals surface area contributed by atoms with Crippen molar-refractivity contribution < 1.29 is 14.4 Å². The molecule has 1 aliphatic rings. The van der Waals surface area contributed by atoms with Gasteiger partial charge in [0.25, 0.3) is 0 Å². The van der Waals surface area contributed by atoms with Crippen molar-refractivity contribution in [3.8, 4) is 11.5 Å². The summed E-state index contributed by atoms with van der Waals surface area (Å²) in [6.07, 6.45) is 0. The molecule has 1 aliphatic heterocycles. The Morgan fingerprint density at radius 1 is 1.21 bits per heavy atom. The zero-order valence-corrected chi connectivity index (χ0v) is 10.3. The van der Waals surface area contributed by atoms with Crippen LogP contribution in [-0.2, 0) is 17.8 Å². The van der Waals surface area contributed by atoms with E-state index in [1.54, 1.807) is 6.07 Å². The first-order valence-corrected chi connectivity index (χ1v) is 6.10. The maximum atomic E-state index is 9.65. The summed E-state index contributed by atoms with van der Waals surface area (Å²) in [5.41, 5.74) is 9.99. The van der Waals surface area contributed by atoms with Gasteiger partial charge in [-0.3, -0.25) is 5.73 Å². The molecule has 0 fully saturated rings. The van der Waals surface area contributed by atoms with E-state index in [0.717, 1.165) is 16.6 Å². The molecule has 0 amide bonds. The van der Waals surface area contributed by atoms with Gasteiger partial charge in [0.1, 0.15) is 11.5 Å². The van der Waals surface area contributed by atoms with Gasteiger partial charge >= 0.3 is 7.12 Å². The molecule has 0 bridgehead atoms. The Labute approximate surface area is 111 Å². The second kappa shape index (κ2) is 5.05. The van der Waals surface area contributed by atoms with E-state index < -0.39 is 7.12 Å². The Kier molecular flexibility index (Phi) is 3.25. The number of ether oxygens (including phenoxy) is 1. The van der Waals surface area contributed by atoms with Gasteiger partial charge in [-0.2, -0.15) is 0 Å². The van der Waals surface area contributed by atoms with Crippen LogP contribution in [0, 0.1) is 0 Å². The topological polar surface area (TPSA) is 62.5 Å². The second-order valence-electron chi connectivity index (χ2n) is 4.45. The van der Waals surface area contributed by atoms with Crippen molar-refractivity contribution in [1.82, 2.24) is 5.73 Å². The maximum absolute atomic E-state index is 9.65. The summed E-state index contributed by atoms with van der Waals surface area (Å²) in [6.45, 7) is 0.666. The largest absolute Gasteiger partial charge is 0.491 e. The Morgan fingerprint density at radius 2 is 2.05 bits per heavy atom. The quantitative estimate of drug-likeness (QED) is 0.844. The lowest BCUT2D eigenvalue weighted by molar-refractivity contribution is 0.275. The van der Waals surface area contributed by atoms with Crippen LogP contribution in [0.2, 0.25) is 0 Å². The number of nitrogens with one attached hydrogen (secondary N) is 1. The van der Waals surface area contributed by atoms with Crippen molar-refractivity contribution in [3.63, 3.8) is 0 Å². The molecule has 0 unspecified atom stereocenters. The molecule has 0 atom stereocenters. The minimum atomic E-state index is -0.863. The lowest BCUT2D eigenvalue weighted by Crippen LogP contribution is -2.27. The summed E-state index contributed by atoms with van der Waals surface area (Å²) >= 11 is 0. The van der Waals surface area contributed by atoms with Crippen LogP contribution in [0.5, 0.6) is 11.5 Å². The fraction of sp³-hybridized carbons (Fsp3) is 0.143. The number of fused-ring (bicyclic) bond motifs is 1. The van der Waals surface area contributed by atoms with Crippen LogP contribution in [0.4, 0.5) is 0 Å². The fourth-order valence-electron chi connectivity index (χ4n) is 2.11. The molecule has 0 aromatic heterocycles. The third kappa shape index (κ3) is 2.49. The summed E-state index contributed by atoms with van der Waals surface area (Å²) in [5.74, 6) is 1.35. The van der Waals surface area contributed by atoms with E-state index in [2.05, 4.69) is 0 Å². The standard InChI is InChI=1S/C14H13BNO3/c16-8-10-2-1-3-12(6-10)19-13-5-4-11-9-18-15(17)14(11)7-13/h1-7,16-17H,8-9H2. The average molecular weight is 254 g/mol. The molecule has 1 radical (unpaired) electrons. The van der Waals surface area contributed by atoms with Gasteiger partial charge in [0.15, 0.2) is 0 Å². The predicted octanol–water partition coefficient (Wildman–Crippen LogP) is 1.48. The van der Waals surface area contributed by atoms with Crippen LogP contribution in [-0.4, -0.2) is 12.1 Å². The number of benzene rings is 2. The normalized spacial score (nSPS) is 13.5. The Balaban J connectivity index is 1.85. The molecular weight excluding hydrogens is 241 g/mol. The number of rotatable bonds is 3. The Bertz CT molecular complexity index is 603. The van der Waals surface area contributed by atoms with E-state index >= 15 is 0 Å². The van der Waals surface area contributed by atoms with Gasteiger partial charge in [0, 0.05) is 6.54 Å². The smallest absolute Gasteiger partial charge is 0.457 e. The van der Waals surface area contributed by atoms with Crippen LogP contribution in [0.1, 0.15) is 11.1 Å². The minimum Gasteiger partial charge on any atom is -0.457 e. The van der Waals surface area contributed by atoms with E-state index in [4.69, 9.17) is 15.1 Å². The van der Waals surface area contributed by atoms with Crippen LogP contribution in [0.3, 0.4) is 0 Å². The highest BCUT2D eigenvalue weighted by molar-refractivity contribution is 6.61. The molecular formula is C14H13BNO3. The van der Waals surface area contributed by atoms with Gasteiger partial charge in [-0.15, -0.1) is 0 Å². The Hall–Kier alpha value is -1.82. The number of hydrogen-bond donors (Lipinski definition) is 1. The maximum Gasteiger partial charge on any atom is 0.491 e. The summed E-state index contributed by atoms with van der Waals surface area (Å²) in [4.78, 5) is 0. The van der Waals surface area contributed by atoms with Crippen molar-refractivity contribution in [2.45, 2.75) is 13.2 Å². The lowest BCUT2D eigenvalue weighted by Gasteiger charge is -2.08. The monoisotopic (exact) mass is 254 g/mol. The molecule has 2 N–H and O–H groups in total. The van der Waals surface area contributed by atoms with Gasteiger partial charge in [-0.1, -0.05) is 18.2 Å². The molecule has 0 saturated carbocycles. The molecule has 5 heteroatoms. The molecule has 2 aromatic carbocycles. The van der Waals surface area contributed by atoms with Gasteiger partial charge in [-0.25, -0.2) is 0 Å². The molecule has 4 nitrogen and oxygen atoms in total. The highest BCUT2D eigenvalue weighted by atomic mass is 16.5. The number of hydrogen-bond acceptors (Lipinski definition) is 3. The molecule has 0 spiro atoms. The molecule has 3 rings (SSSR count). The molecule has 19 heavy (non-hydrogen) atoms. The van der Waals surface area contributed by atoms with Crippen LogP contribution in [0.25, 0.3) is 0 Å². The van der Waals surface area contributed by atoms with Gasteiger partial charge < -0.3 is 14.4 Å². The summed E-state index contributed by atoms with van der Waals surface area (Å²) < 4.78 is 10.9. The van der Waals surface area contributed by atoms with Crippen LogP contribution in [0.15, 0.2) is 42.5 Å². The highest BCUT2D eigenvalue weighted by Gasteiger charge is 2.27. The summed E-state index contributed by atoms with van der Waals surface area (Å²) in [6, 6.07) is 13.0. The zero-order chi connectivity index (χ0) is 13.2. The fourth-order valence-corrected chi connectivity index (χ4v) is 2.11. The predicted molar refractivity (Wildman–Crippen MR) is 72.2 cm³/mol. The van der Waals surface area contributed by atoms with Crippen molar-refractivity contribution in [2.24, 2.45) is 0 Å². The van der Waals surface area contributed by atoms with Gasteiger partial charge in [0.2, 0.25) is 0 Å². The SMILES string of the molecule is [NH]Cc1cccc(Oc2ccc3c(c2)B(O)OC3)c1. The molecule has 0 aliphatic carbocycles. The second-order valence-corrected chi connectivity index (χ2v) is 4.45. The third-order valence-electron chi connectivity index (χ3n) is 3.12. The Morgan fingerprint density at radius 3 is 2.89 bits per heavy atom. The van der Waals surface area contributed by atoms with E-state index in [1.165, 1.54) is 0 Å². The molecule has 95 valence electrons. The minimum absolute atomic E-state index is 0.230. The first-order chi connectivity index (χ1) is 9.26. The molecule has 1 heterocycles. The zero-order valence-electron chi connectivity index (χ0n) is 10.3. The molecule has 0 saturated heterocycles. The van der Waals surface area contributed by atoms with Crippen LogP contribution >= 0.6 is 0 Å². The van der Waals surface area contributed by atoms with E-state index in [9.17, 15) is 5.02 Å². The first-order valence-electron chi connectivity index (χ1n) is 6.10. The van der Waals surface area contributed by atoms with Crippen molar-refractivity contribution in [1.29, 1.82) is 0 Å². The average Bonchev–Trinajstić information content (AvgIpc) is 2.80. The van der Waals surface area contributed by atoms with E-state index in [-0.39, 0.29) is 6.54 Å². The van der Waals surface area contributed by atoms with Crippen molar-refractivity contribution in [3.05, 3.63) is 53.6 Å².